The number of amides is 1. The fraction of sp³-hybridized carbons (Fsp3) is 0.348. The second kappa shape index (κ2) is 9.34. The Morgan fingerprint density at radius 3 is 2.53 bits per heavy atom. The fourth-order valence-electron chi connectivity index (χ4n) is 3.91. The van der Waals surface area contributed by atoms with Crippen molar-refractivity contribution in [3.8, 4) is 5.69 Å². The van der Waals surface area contributed by atoms with Gasteiger partial charge in [-0.2, -0.15) is 5.10 Å². The number of aromatic nitrogens is 3. The van der Waals surface area contributed by atoms with Crippen LogP contribution in [-0.4, -0.2) is 44.0 Å². The molecule has 1 fully saturated rings. The maximum Gasteiger partial charge on any atom is 0.350 e. The third kappa shape index (κ3) is 4.51. The number of rotatable bonds is 6. The molecule has 0 radical (unpaired) electrons. The Balaban J connectivity index is 1.45. The van der Waals surface area contributed by atoms with Crippen LogP contribution < -0.4 is 5.69 Å². The Labute approximate surface area is 180 Å². The van der Waals surface area contributed by atoms with Gasteiger partial charge >= 0.3 is 5.69 Å². The lowest BCUT2D eigenvalue weighted by Crippen LogP contribution is -2.40. The highest BCUT2D eigenvalue weighted by atomic mass is 32.2. The van der Waals surface area contributed by atoms with Crippen molar-refractivity contribution in [3.63, 3.8) is 0 Å². The molecule has 0 spiro atoms. The van der Waals surface area contributed by atoms with Gasteiger partial charge in [-0.1, -0.05) is 36.4 Å². The lowest BCUT2D eigenvalue weighted by molar-refractivity contribution is -0.132. The summed E-state index contributed by atoms with van der Waals surface area (Å²) in [5.41, 5.74) is 0.659. The van der Waals surface area contributed by atoms with E-state index in [4.69, 9.17) is 0 Å². The number of carbonyl (C=O) groups is 1. The standard InChI is InChI=1S/C23H26N4O2S/c1-25-23(29)27(19-10-4-2-5-11-19)22(24-25)18-9-8-15-26(17-18)21(28)14-16-30-20-12-6-3-7-13-20/h2-7,10-13,18H,8-9,14-17H2,1H3. The molecular formula is C23H26N4O2S. The van der Waals surface area contributed by atoms with Crippen LogP contribution in [0.4, 0.5) is 0 Å². The normalized spacial score (nSPS) is 16.6. The molecule has 156 valence electrons. The van der Waals surface area contributed by atoms with E-state index in [1.165, 1.54) is 9.58 Å². The average Bonchev–Trinajstić information content (AvgIpc) is 3.09. The molecular weight excluding hydrogens is 396 g/mol. The van der Waals surface area contributed by atoms with Gasteiger partial charge in [-0.15, -0.1) is 11.8 Å². The first-order valence-corrected chi connectivity index (χ1v) is 11.3. The number of benzene rings is 2. The van der Waals surface area contributed by atoms with Crippen molar-refractivity contribution >= 4 is 17.7 Å². The summed E-state index contributed by atoms with van der Waals surface area (Å²) in [6.45, 7) is 1.38. The highest BCUT2D eigenvalue weighted by Crippen LogP contribution is 2.27. The van der Waals surface area contributed by atoms with E-state index in [0.717, 1.165) is 36.7 Å². The molecule has 1 aliphatic rings. The summed E-state index contributed by atoms with van der Waals surface area (Å²) in [6, 6.07) is 19.7. The summed E-state index contributed by atoms with van der Waals surface area (Å²) in [5, 5.41) is 4.53. The number of aryl methyl sites for hydroxylation is 1. The predicted octanol–water partition coefficient (Wildman–Crippen LogP) is 3.46. The van der Waals surface area contributed by atoms with Crippen molar-refractivity contribution in [2.45, 2.75) is 30.1 Å². The van der Waals surface area contributed by atoms with Gasteiger partial charge in [0.1, 0.15) is 5.82 Å². The largest absolute Gasteiger partial charge is 0.350 e. The molecule has 2 aromatic carbocycles. The number of carbonyl (C=O) groups excluding carboxylic acids is 1. The molecule has 1 unspecified atom stereocenters. The number of thioether (sulfide) groups is 1. The van der Waals surface area contributed by atoms with Crippen LogP contribution >= 0.6 is 11.8 Å². The SMILES string of the molecule is Cn1nc(C2CCCN(C(=O)CCSc3ccccc3)C2)n(-c2ccccc2)c1=O. The lowest BCUT2D eigenvalue weighted by atomic mass is 9.96. The van der Waals surface area contributed by atoms with E-state index < -0.39 is 0 Å². The maximum absolute atomic E-state index is 12.8. The Morgan fingerprint density at radius 1 is 1.10 bits per heavy atom. The van der Waals surface area contributed by atoms with Crippen molar-refractivity contribution in [2.24, 2.45) is 7.05 Å². The van der Waals surface area contributed by atoms with Gasteiger partial charge in [0.2, 0.25) is 5.91 Å². The summed E-state index contributed by atoms with van der Waals surface area (Å²) in [4.78, 5) is 28.6. The molecule has 1 aromatic heterocycles. The van der Waals surface area contributed by atoms with Gasteiger partial charge in [0.25, 0.3) is 0 Å². The quantitative estimate of drug-likeness (QED) is 0.571. The van der Waals surface area contributed by atoms with Crippen molar-refractivity contribution in [2.75, 3.05) is 18.8 Å². The lowest BCUT2D eigenvalue weighted by Gasteiger charge is -2.32. The average molecular weight is 423 g/mol. The summed E-state index contributed by atoms with van der Waals surface area (Å²) in [7, 11) is 1.68. The molecule has 6 nitrogen and oxygen atoms in total. The zero-order valence-electron chi connectivity index (χ0n) is 17.1. The van der Waals surface area contributed by atoms with Gasteiger partial charge in [0.15, 0.2) is 0 Å². The minimum absolute atomic E-state index is 0.0542. The Bertz CT molecular complexity index is 1050. The third-order valence-electron chi connectivity index (χ3n) is 5.43. The zero-order valence-corrected chi connectivity index (χ0v) is 17.9. The van der Waals surface area contributed by atoms with E-state index in [0.29, 0.717) is 13.0 Å². The predicted molar refractivity (Wildman–Crippen MR) is 119 cm³/mol. The van der Waals surface area contributed by atoms with Crippen molar-refractivity contribution in [3.05, 3.63) is 77.0 Å². The van der Waals surface area contributed by atoms with Crippen LogP contribution in [0.1, 0.15) is 31.0 Å². The molecule has 0 saturated carbocycles. The van der Waals surface area contributed by atoms with E-state index in [9.17, 15) is 9.59 Å². The van der Waals surface area contributed by atoms with Gasteiger partial charge in [-0.3, -0.25) is 4.79 Å². The number of nitrogens with zero attached hydrogens (tertiary/aromatic N) is 4. The van der Waals surface area contributed by atoms with Crippen molar-refractivity contribution < 1.29 is 4.79 Å². The molecule has 0 N–H and O–H groups in total. The Morgan fingerprint density at radius 2 is 1.80 bits per heavy atom. The van der Waals surface area contributed by atoms with Gasteiger partial charge in [-0.05, 0) is 37.1 Å². The molecule has 1 aliphatic heterocycles. The number of hydrogen-bond donors (Lipinski definition) is 0. The summed E-state index contributed by atoms with van der Waals surface area (Å²) < 4.78 is 3.07. The van der Waals surface area contributed by atoms with Crippen molar-refractivity contribution in [1.29, 1.82) is 0 Å². The second-order valence-corrected chi connectivity index (χ2v) is 8.69. The van der Waals surface area contributed by atoms with Crippen LogP contribution in [0.5, 0.6) is 0 Å². The zero-order chi connectivity index (χ0) is 20.9. The first kappa shape index (κ1) is 20.5. The molecule has 0 aliphatic carbocycles. The van der Waals surface area contributed by atoms with Crippen LogP contribution in [0.3, 0.4) is 0 Å². The summed E-state index contributed by atoms with van der Waals surface area (Å²) in [6.07, 6.45) is 2.35. The second-order valence-electron chi connectivity index (χ2n) is 7.53. The number of likely N-dealkylation sites (tertiary alicyclic amines) is 1. The highest BCUT2D eigenvalue weighted by Gasteiger charge is 2.29. The molecule has 2 heterocycles. The van der Waals surface area contributed by atoms with Gasteiger partial charge in [-0.25, -0.2) is 14.0 Å². The van der Waals surface area contributed by atoms with E-state index in [2.05, 4.69) is 17.2 Å². The number of para-hydroxylation sites is 1. The van der Waals surface area contributed by atoms with Gasteiger partial charge in [0.05, 0.1) is 5.69 Å². The topological polar surface area (TPSA) is 60.1 Å². The Hall–Kier alpha value is -2.80. The molecule has 3 aromatic rings. The molecule has 30 heavy (non-hydrogen) atoms. The van der Waals surface area contributed by atoms with E-state index in [1.54, 1.807) is 23.4 Å². The molecule has 4 rings (SSSR count). The van der Waals surface area contributed by atoms with Crippen LogP contribution in [0.25, 0.3) is 5.69 Å². The first-order chi connectivity index (χ1) is 14.6. The highest BCUT2D eigenvalue weighted by molar-refractivity contribution is 7.99. The minimum Gasteiger partial charge on any atom is -0.342 e. The minimum atomic E-state index is -0.154. The summed E-state index contributed by atoms with van der Waals surface area (Å²) in [5.74, 6) is 1.73. The molecule has 1 atom stereocenters. The van der Waals surface area contributed by atoms with Gasteiger partial charge < -0.3 is 4.90 Å². The van der Waals surface area contributed by atoms with Crippen LogP contribution in [0.15, 0.2) is 70.4 Å². The van der Waals surface area contributed by atoms with E-state index >= 15 is 0 Å². The number of hydrogen-bond acceptors (Lipinski definition) is 4. The van der Waals surface area contributed by atoms with Crippen LogP contribution in [0, 0.1) is 0 Å². The van der Waals surface area contributed by atoms with Crippen LogP contribution in [0.2, 0.25) is 0 Å². The smallest absolute Gasteiger partial charge is 0.342 e. The fourth-order valence-corrected chi connectivity index (χ4v) is 4.78. The molecule has 1 amide bonds. The summed E-state index contributed by atoms with van der Waals surface area (Å²) >= 11 is 1.71. The van der Waals surface area contributed by atoms with E-state index in [1.807, 2.05) is 53.4 Å². The Kier molecular flexibility index (Phi) is 6.38. The van der Waals surface area contributed by atoms with Crippen LogP contribution in [-0.2, 0) is 11.8 Å². The first-order valence-electron chi connectivity index (χ1n) is 10.3. The number of piperidine rings is 1. The monoisotopic (exact) mass is 422 g/mol. The molecule has 7 heteroatoms. The maximum atomic E-state index is 12.8. The van der Waals surface area contributed by atoms with Crippen molar-refractivity contribution in [1.82, 2.24) is 19.2 Å². The third-order valence-corrected chi connectivity index (χ3v) is 6.44. The van der Waals surface area contributed by atoms with E-state index in [-0.39, 0.29) is 17.5 Å². The molecule has 1 saturated heterocycles. The molecule has 0 bridgehead atoms. The van der Waals surface area contributed by atoms with Gasteiger partial charge in [0, 0.05) is 43.1 Å².